The number of rotatable bonds is 3. The summed E-state index contributed by atoms with van der Waals surface area (Å²) in [5, 5.41) is 17.6. The quantitative estimate of drug-likeness (QED) is 0.817. The second kappa shape index (κ2) is 4.61. The monoisotopic (exact) mass is 203 g/mol. The van der Waals surface area contributed by atoms with E-state index in [-0.39, 0.29) is 6.42 Å². The van der Waals surface area contributed by atoms with Crippen molar-refractivity contribution in [3.63, 3.8) is 0 Å². The van der Waals surface area contributed by atoms with Crippen LogP contribution in [0, 0.1) is 18.3 Å². The molecule has 1 rings (SSSR count). The SMILES string of the molecule is CCc1ccc(C#N)c(C)c1CC(=O)O. The van der Waals surface area contributed by atoms with Crippen molar-refractivity contribution in [1.82, 2.24) is 0 Å². The zero-order valence-corrected chi connectivity index (χ0v) is 8.87. The van der Waals surface area contributed by atoms with Gasteiger partial charge in [-0.2, -0.15) is 5.26 Å². The minimum absolute atomic E-state index is 0.00940. The van der Waals surface area contributed by atoms with Gasteiger partial charge in [0, 0.05) is 0 Å². The highest BCUT2D eigenvalue weighted by molar-refractivity contribution is 5.72. The first-order chi connectivity index (χ1) is 7.10. The van der Waals surface area contributed by atoms with E-state index in [2.05, 4.69) is 6.07 Å². The van der Waals surface area contributed by atoms with Crippen molar-refractivity contribution in [1.29, 1.82) is 5.26 Å². The molecule has 3 heteroatoms. The van der Waals surface area contributed by atoms with E-state index >= 15 is 0 Å². The number of hydrogen-bond acceptors (Lipinski definition) is 2. The standard InChI is InChI=1S/C12H13NO2/c1-3-9-4-5-10(7-13)8(2)11(9)6-12(14)15/h4-5H,3,6H2,1-2H3,(H,14,15). The molecular weight excluding hydrogens is 190 g/mol. The van der Waals surface area contributed by atoms with Gasteiger partial charge in [-0.25, -0.2) is 0 Å². The van der Waals surface area contributed by atoms with Gasteiger partial charge in [0.25, 0.3) is 0 Å². The summed E-state index contributed by atoms with van der Waals surface area (Å²) in [5.41, 5.74) is 3.14. The van der Waals surface area contributed by atoms with Crippen LogP contribution in [-0.4, -0.2) is 11.1 Å². The maximum atomic E-state index is 10.7. The van der Waals surface area contributed by atoms with Crippen molar-refractivity contribution in [2.24, 2.45) is 0 Å². The Hall–Kier alpha value is -1.82. The van der Waals surface area contributed by atoms with E-state index in [1.807, 2.05) is 13.0 Å². The van der Waals surface area contributed by atoms with Gasteiger partial charge in [0.05, 0.1) is 18.1 Å². The minimum Gasteiger partial charge on any atom is -0.481 e. The van der Waals surface area contributed by atoms with Gasteiger partial charge in [0.2, 0.25) is 0 Å². The number of aliphatic carboxylic acids is 1. The molecule has 78 valence electrons. The zero-order valence-electron chi connectivity index (χ0n) is 8.87. The fourth-order valence-electron chi connectivity index (χ4n) is 1.66. The summed E-state index contributed by atoms with van der Waals surface area (Å²) in [4.78, 5) is 10.7. The predicted octanol–water partition coefficient (Wildman–Crippen LogP) is 2.06. The first-order valence-electron chi connectivity index (χ1n) is 4.83. The van der Waals surface area contributed by atoms with E-state index < -0.39 is 5.97 Å². The van der Waals surface area contributed by atoms with Gasteiger partial charge < -0.3 is 5.11 Å². The molecule has 0 saturated carbocycles. The lowest BCUT2D eigenvalue weighted by Gasteiger charge is -2.10. The zero-order chi connectivity index (χ0) is 11.4. The molecule has 0 aliphatic rings. The average molecular weight is 203 g/mol. The Labute approximate surface area is 89.0 Å². The van der Waals surface area contributed by atoms with E-state index in [4.69, 9.17) is 10.4 Å². The Morgan fingerprint density at radius 2 is 2.20 bits per heavy atom. The minimum atomic E-state index is -0.858. The Morgan fingerprint density at radius 3 is 2.67 bits per heavy atom. The fourth-order valence-corrected chi connectivity index (χ4v) is 1.66. The number of hydrogen-bond donors (Lipinski definition) is 1. The summed E-state index contributed by atoms with van der Waals surface area (Å²) < 4.78 is 0. The number of nitrogens with zero attached hydrogens (tertiary/aromatic N) is 1. The molecule has 0 unspecified atom stereocenters. The second-order valence-electron chi connectivity index (χ2n) is 3.41. The summed E-state index contributed by atoms with van der Waals surface area (Å²) in [6, 6.07) is 5.65. The third-order valence-corrected chi connectivity index (χ3v) is 2.52. The van der Waals surface area contributed by atoms with Crippen molar-refractivity contribution < 1.29 is 9.90 Å². The number of carboxylic acid groups (broad SMARTS) is 1. The third-order valence-electron chi connectivity index (χ3n) is 2.52. The summed E-state index contributed by atoms with van der Waals surface area (Å²) in [6.45, 7) is 3.78. The lowest BCUT2D eigenvalue weighted by molar-refractivity contribution is -0.136. The molecule has 0 saturated heterocycles. The van der Waals surface area contributed by atoms with Gasteiger partial charge in [-0.05, 0) is 36.1 Å². The Balaban J connectivity index is 3.30. The van der Waals surface area contributed by atoms with Gasteiger partial charge in [-0.15, -0.1) is 0 Å². The lowest BCUT2D eigenvalue weighted by Crippen LogP contribution is -2.06. The average Bonchev–Trinajstić information content (AvgIpc) is 2.20. The van der Waals surface area contributed by atoms with Crippen LogP contribution in [0.3, 0.4) is 0 Å². The van der Waals surface area contributed by atoms with Crippen LogP contribution in [0.25, 0.3) is 0 Å². The molecule has 15 heavy (non-hydrogen) atoms. The third kappa shape index (κ3) is 2.35. The van der Waals surface area contributed by atoms with Gasteiger partial charge >= 0.3 is 5.97 Å². The molecule has 0 aliphatic heterocycles. The normalized spacial score (nSPS) is 9.67. The predicted molar refractivity (Wildman–Crippen MR) is 56.6 cm³/mol. The highest BCUT2D eigenvalue weighted by Crippen LogP contribution is 2.19. The van der Waals surface area contributed by atoms with E-state index in [1.54, 1.807) is 13.0 Å². The van der Waals surface area contributed by atoms with Crippen LogP contribution in [0.4, 0.5) is 0 Å². The van der Waals surface area contributed by atoms with Crippen LogP contribution in [0.2, 0.25) is 0 Å². The van der Waals surface area contributed by atoms with E-state index in [9.17, 15) is 4.79 Å². The van der Waals surface area contributed by atoms with Gasteiger partial charge in [-0.1, -0.05) is 13.0 Å². The summed E-state index contributed by atoms with van der Waals surface area (Å²) in [6.07, 6.45) is 0.777. The molecule has 1 aromatic carbocycles. The van der Waals surface area contributed by atoms with Gasteiger partial charge in [-0.3, -0.25) is 4.79 Å². The van der Waals surface area contributed by atoms with Crippen molar-refractivity contribution in [2.45, 2.75) is 26.7 Å². The molecule has 0 fully saturated rings. The molecule has 0 spiro atoms. The van der Waals surface area contributed by atoms with Gasteiger partial charge in [0.1, 0.15) is 0 Å². The fraction of sp³-hybridized carbons (Fsp3) is 0.333. The van der Waals surface area contributed by atoms with E-state index in [0.29, 0.717) is 5.56 Å². The van der Waals surface area contributed by atoms with Crippen LogP contribution >= 0.6 is 0 Å². The van der Waals surface area contributed by atoms with Crippen LogP contribution < -0.4 is 0 Å². The number of carboxylic acids is 1. The molecule has 0 heterocycles. The largest absolute Gasteiger partial charge is 0.481 e. The Morgan fingerprint density at radius 1 is 1.53 bits per heavy atom. The van der Waals surface area contributed by atoms with Crippen molar-refractivity contribution in [3.8, 4) is 6.07 Å². The van der Waals surface area contributed by atoms with Crippen LogP contribution in [-0.2, 0) is 17.6 Å². The van der Waals surface area contributed by atoms with Gasteiger partial charge in [0.15, 0.2) is 0 Å². The Kier molecular flexibility index (Phi) is 3.46. The number of carbonyl (C=O) groups is 1. The maximum absolute atomic E-state index is 10.7. The molecule has 0 atom stereocenters. The molecule has 3 nitrogen and oxygen atoms in total. The van der Waals surface area contributed by atoms with Crippen LogP contribution in [0.1, 0.15) is 29.2 Å². The molecule has 1 N–H and O–H groups in total. The van der Waals surface area contributed by atoms with Crippen LogP contribution in [0.15, 0.2) is 12.1 Å². The number of benzene rings is 1. The maximum Gasteiger partial charge on any atom is 0.307 e. The Bertz CT molecular complexity index is 430. The summed E-state index contributed by atoms with van der Waals surface area (Å²) >= 11 is 0. The van der Waals surface area contributed by atoms with Crippen molar-refractivity contribution >= 4 is 5.97 Å². The topological polar surface area (TPSA) is 61.1 Å². The molecule has 0 bridgehead atoms. The highest BCUT2D eigenvalue weighted by atomic mass is 16.4. The highest BCUT2D eigenvalue weighted by Gasteiger charge is 2.11. The van der Waals surface area contributed by atoms with E-state index in [1.165, 1.54) is 0 Å². The lowest BCUT2D eigenvalue weighted by atomic mass is 9.94. The smallest absolute Gasteiger partial charge is 0.307 e. The van der Waals surface area contributed by atoms with Crippen LogP contribution in [0.5, 0.6) is 0 Å². The molecule has 0 radical (unpaired) electrons. The first-order valence-corrected chi connectivity index (χ1v) is 4.83. The first kappa shape index (κ1) is 11.3. The molecule has 0 aromatic heterocycles. The summed E-state index contributed by atoms with van der Waals surface area (Å²) in [7, 11) is 0. The van der Waals surface area contributed by atoms with Crippen molar-refractivity contribution in [3.05, 3.63) is 34.4 Å². The molecule has 0 amide bonds. The summed E-state index contributed by atoms with van der Waals surface area (Å²) in [5.74, 6) is -0.858. The molecule has 0 aliphatic carbocycles. The van der Waals surface area contributed by atoms with E-state index in [0.717, 1.165) is 23.1 Å². The number of nitriles is 1. The molecular formula is C12H13NO2. The van der Waals surface area contributed by atoms with Crippen molar-refractivity contribution in [2.75, 3.05) is 0 Å². The number of aryl methyl sites for hydroxylation is 1. The molecule has 1 aromatic rings. The second-order valence-corrected chi connectivity index (χ2v) is 3.41.